The van der Waals surface area contributed by atoms with E-state index in [9.17, 15) is 18.0 Å². The standard InChI is InChI=1S/C18H18N2O5S/c1-12-11-26(23,24)20(18(12)22)14-9-7-13(8-10-14)17(21)19-15-5-3-4-6-16(15)25-2/h3-10,12H,11H2,1-2H3,(H,19,21)/t12-/m0/s1. The van der Waals surface area contributed by atoms with Crippen LogP contribution in [-0.4, -0.2) is 33.1 Å². The lowest BCUT2D eigenvalue weighted by atomic mass is 10.1. The normalized spacial score (nSPS) is 18.6. The molecule has 1 aliphatic rings. The van der Waals surface area contributed by atoms with Crippen LogP contribution in [0, 0.1) is 5.92 Å². The number of nitrogens with zero attached hydrogens (tertiary/aromatic N) is 1. The van der Waals surface area contributed by atoms with Gasteiger partial charge in [0.05, 0.1) is 30.2 Å². The molecule has 1 saturated heterocycles. The highest BCUT2D eigenvalue weighted by atomic mass is 32.2. The van der Waals surface area contributed by atoms with Gasteiger partial charge in [-0.15, -0.1) is 0 Å². The number of amides is 2. The number of nitrogens with one attached hydrogen (secondary N) is 1. The maximum absolute atomic E-state index is 12.4. The number of hydrogen-bond donors (Lipinski definition) is 1. The van der Waals surface area contributed by atoms with Gasteiger partial charge in [0, 0.05) is 5.56 Å². The highest BCUT2D eigenvalue weighted by Gasteiger charge is 2.41. The van der Waals surface area contributed by atoms with Crippen LogP contribution in [0.3, 0.4) is 0 Å². The first-order valence-electron chi connectivity index (χ1n) is 7.95. The molecule has 2 aromatic carbocycles. The first-order chi connectivity index (χ1) is 12.3. The molecule has 0 saturated carbocycles. The second-order valence-corrected chi connectivity index (χ2v) is 7.85. The summed E-state index contributed by atoms with van der Waals surface area (Å²) in [5.74, 6) is -1.09. The zero-order valence-electron chi connectivity index (χ0n) is 14.3. The van der Waals surface area contributed by atoms with Gasteiger partial charge in [-0.05, 0) is 36.4 Å². The van der Waals surface area contributed by atoms with Crippen LogP contribution in [0.2, 0.25) is 0 Å². The lowest BCUT2D eigenvalue weighted by Crippen LogP contribution is -2.30. The maximum atomic E-state index is 12.4. The molecule has 1 N–H and O–H groups in total. The average Bonchev–Trinajstić information content (AvgIpc) is 2.82. The van der Waals surface area contributed by atoms with Crippen molar-refractivity contribution >= 4 is 33.2 Å². The number of methoxy groups -OCH3 is 1. The first kappa shape index (κ1) is 17.9. The second-order valence-electron chi connectivity index (χ2n) is 5.98. The van der Waals surface area contributed by atoms with Crippen molar-refractivity contribution < 1.29 is 22.7 Å². The molecule has 26 heavy (non-hydrogen) atoms. The van der Waals surface area contributed by atoms with E-state index in [1.165, 1.54) is 31.4 Å². The van der Waals surface area contributed by atoms with Crippen LogP contribution in [0.5, 0.6) is 5.75 Å². The number of benzene rings is 2. The molecular weight excluding hydrogens is 356 g/mol. The van der Waals surface area contributed by atoms with Gasteiger partial charge < -0.3 is 10.1 Å². The largest absolute Gasteiger partial charge is 0.495 e. The second kappa shape index (κ2) is 6.80. The third-order valence-corrected chi connectivity index (χ3v) is 5.95. The van der Waals surface area contributed by atoms with Crippen molar-refractivity contribution in [2.75, 3.05) is 22.5 Å². The summed E-state index contributed by atoms with van der Waals surface area (Å²) in [4.78, 5) is 24.5. The van der Waals surface area contributed by atoms with Gasteiger partial charge in [-0.25, -0.2) is 12.7 Å². The number of anilines is 2. The summed E-state index contributed by atoms with van der Waals surface area (Å²) < 4.78 is 30.2. The van der Waals surface area contributed by atoms with Crippen LogP contribution >= 0.6 is 0 Å². The molecule has 0 aliphatic carbocycles. The zero-order valence-corrected chi connectivity index (χ0v) is 15.1. The molecule has 2 aromatic rings. The Hall–Kier alpha value is -2.87. The number of rotatable bonds is 4. The minimum absolute atomic E-state index is 0.206. The molecule has 0 spiro atoms. The van der Waals surface area contributed by atoms with Gasteiger partial charge in [0.2, 0.25) is 15.9 Å². The molecule has 1 fully saturated rings. The fourth-order valence-electron chi connectivity index (χ4n) is 2.78. The summed E-state index contributed by atoms with van der Waals surface area (Å²) in [6.07, 6.45) is 0. The summed E-state index contributed by atoms with van der Waals surface area (Å²) in [6.45, 7) is 1.58. The van der Waals surface area contributed by atoms with Crippen molar-refractivity contribution in [3.63, 3.8) is 0 Å². The van der Waals surface area contributed by atoms with E-state index in [-0.39, 0.29) is 17.3 Å². The monoisotopic (exact) mass is 374 g/mol. The fourth-order valence-corrected chi connectivity index (χ4v) is 4.60. The Bertz CT molecular complexity index is 954. The van der Waals surface area contributed by atoms with Gasteiger partial charge in [0.25, 0.3) is 5.91 Å². The number of hydrogen-bond acceptors (Lipinski definition) is 5. The Morgan fingerprint density at radius 2 is 1.81 bits per heavy atom. The molecule has 1 heterocycles. The molecule has 1 aliphatic heterocycles. The van der Waals surface area contributed by atoms with E-state index < -0.39 is 21.8 Å². The van der Waals surface area contributed by atoms with Crippen molar-refractivity contribution in [2.24, 2.45) is 5.92 Å². The molecule has 3 rings (SSSR count). The van der Waals surface area contributed by atoms with Crippen molar-refractivity contribution in [3.05, 3.63) is 54.1 Å². The predicted molar refractivity (Wildman–Crippen MR) is 97.8 cm³/mol. The van der Waals surface area contributed by atoms with E-state index >= 15 is 0 Å². The lowest BCUT2D eigenvalue weighted by molar-refractivity contribution is -0.119. The van der Waals surface area contributed by atoms with Crippen molar-refractivity contribution in [2.45, 2.75) is 6.92 Å². The van der Waals surface area contributed by atoms with Gasteiger partial charge >= 0.3 is 0 Å². The smallest absolute Gasteiger partial charge is 0.255 e. The molecule has 0 radical (unpaired) electrons. The Morgan fingerprint density at radius 1 is 1.15 bits per heavy atom. The van der Waals surface area contributed by atoms with Gasteiger partial charge in [-0.3, -0.25) is 9.59 Å². The minimum Gasteiger partial charge on any atom is -0.495 e. The molecule has 0 aromatic heterocycles. The summed E-state index contributed by atoms with van der Waals surface area (Å²) in [7, 11) is -2.15. The van der Waals surface area contributed by atoms with E-state index in [1.54, 1.807) is 31.2 Å². The van der Waals surface area contributed by atoms with E-state index in [4.69, 9.17) is 4.74 Å². The van der Waals surface area contributed by atoms with Gasteiger partial charge in [-0.1, -0.05) is 19.1 Å². The summed E-state index contributed by atoms with van der Waals surface area (Å²) in [5, 5.41) is 2.74. The number of para-hydroxylation sites is 2. The van der Waals surface area contributed by atoms with Crippen LogP contribution in [0.4, 0.5) is 11.4 Å². The van der Waals surface area contributed by atoms with Gasteiger partial charge in [-0.2, -0.15) is 0 Å². The summed E-state index contributed by atoms with van der Waals surface area (Å²) in [6, 6.07) is 12.8. The Morgan fingerprint density at radius 3 is 2.38 bits per heavy atom. The van der Waals surface area contributed by atoms with Crippen molar-refractivity contribution in [1.29, 1.82) is 0 Å². The molecular formula is C18H18N2O5S. The summed E-state index contributed by atoms with van der Waals surface area (Å²) in [5.41, 5.74) is 1.08. The number of carbonyl (C=O) groups is 2. The molecule has 1 atom stereocenters. The molecule has 0 unspecified atom stereocenters. The van der Waals surface area contributed by atoms with Gasteiger partial charge in [0.15, 0.2) is 0 Å². The Labute approximate surface area is 151 Å². The Kier molecular flexibility index (Phi) is 4.69. The number of carbonyl (C=O) groups excluding carboxylic acids is 2. The SMILES string of the molecule is COc1ccccc1NC(=O)c1ccc(N2C(=O)[C@@H](C)CS2(=O)=O)cc1. The topological polar surface area (TPSA) is 92.8 Å². The predicted octanol–water partition coefficient (Wildman–Crippen LogP) is 2.26. The van der Waals surface area contributed by atoms with Gasteiger partial charge in [0.1, 0.15) is 5.75 Å². The van der Waals surface area contributed by atoms with Crippen LogP contribution in [0.15, 0.2) is 48.5 Å². The molecule has 7 nitrogen and oxygen atoms in total. The lowest BCUT2D eigenvalue weighted by Gasteiger charge is -2.15. The van der Waals surface area contributed by atoms with Crippen molar-refractivity contribution in [3.8, 4) is 5.75 Å². The quantitative estimate of drug-likeness (QED) is 0.886. The molecule has 2 amide bonds. The highest BCUT2D eigenvalue weighted by molar-refractivity contribution is 7.94. The van der Waals surface area contributed by atoms with E-state index in [1.807, 2.05) is 0 Å². The van der Waals surface area contributed by atoms with E-state index in [0.29, 0.717) is 17.0 Å². The van der Waals surface area contributed by atoms with Crippen LogP contribution in [0.1, 0.15) is 17.3 Å². The number of ether oxygens (including phenoxy) is 1. The van der Waals surface area contributed by atoms with E-state index in [2.05, 4.69) is 5.32 Å². The average molecular weight is 374 g/mol. The van der Waals surface area contributed by atoms with Crippen LogP contribution in [0.25, 0.3) is 0 Å². The highest BCUT2D eigenvalue weighted by Crippen LogP contribution is 2.29. The van der Waals surface area contributed by atoms with Crippen molar-refractivity contribution in [1.82, 2.24) is 0 Å². The van der Waals surface area contributed by atoms with E-state index in [0.717, 1.165) is 4.31 Å². The third kappa shape index (κ3) is 3.28. The molecule has 8 heteroatoms. The maximum Gasteiger partial charge on any atom is 0.255 e. The van der Waals surface area contributed by atoms with Crippen LogP contribution < -0.4 is 14.4 Å². The zero-order chi connectivity index (χ0) is 18.9. The summed E-state index contributed by atoms with van der Waals surface area (Å²) >= 11 is 0. The number of sulfonamides is 1. The minimum atomic E-state index is -3.66. The third-order valence-electron chi connectivity index (χ3n) is 4.08. The van der Waals surface area contributed by atoms with Crippen LogP contribution in [-0.2, 0) is 14.8 Å². The molecule has 0 bridgehead atoms. The molecule has 136 valence electrons. The fraction of sp³-hybridized carbons (Fsp3) is 0.222. The first-order valence-corrected chi connectivity index (χ1v) is 9.55. The Balaban J connectivity index is 1.82.